The number of hydrogen-bond donors (Lipinski definition) is 2. The lowest BCUT2D eigenvalue weighted by molar-refractivity contribution is 0.478. The number of rotatable bonds is 3. The summed E-state index contributed by atoms with van der Waals surface area (Å²) < 4.78 is 0. The standard InChI is InChI=1S/C12H20N4.C2H6/c1-9(2)10-7-12(16-14-8-10)15-11-3-5-13-6-4-11;1-2/h7-9,11,13H,3-6H2,1-2H3,(H,15,16);1-2H3. The number of aromatic nitrogens is 2. The van der Waals surface area contributed by atoms with Crippen LogP contribution in [0.1, 0.15) is 52.0 Å². The van der Waals surface area contributed by atoms with E-state index in [0.29, 0.717) is 12.0 Å². The molecule has 4 nitrogen and oxygen atoms in total. The molecule has 2 heterocycles. The van der Waals surface area contributed by atoms with E-state index in [2.05, 4.69) is 40.7 Å². The molecule has 0 spiro atoms. The Morgan fingerprint density at radius 1 is 1.28 bits per heavy atom. The average molecular weight is 250 g/mol. The number of anilines is 1. The third kappa shape index (κ3) is 4.61. The summed E-state index contributed by atoms with van der Waals surface area (Å²) in [6.07, 6.45) is 4.17. The Hall–Kier alpha value is -1.16. The molecular formula is C14H26N4. The fourth-order valence-electron chi connectivity index (χ4n) is 1.94. The molecule has 1 aliphatic heterocycles. The summed E-state index contributed by atoms with van der Waals surface area (Å²) in [5.74, 6) is 1.42. The molecule has 102 valence electrons. The van der Waals surface area contributed by atoms with E-state index in [1.54, 1.807) is 0 Å². The second-order valence-corrected chi connectivity index (χ2v) is 4.70. The molecule has 2 rings (SSSR count). The molecule has 0 unspecified atom stereocenters. The van der Waals surface area contributed by atoms with Crippen molar-refractivity contribution in [2.75, 3.05) is 18.4 Å². The highest BCUT2D eigenvalue weighted by Gasteiger charge is 2.13. The van der Waals surface area contributed by atoms with Gasteiger partial charge in [-0.1, -0.05) is 27.7 Å². The maximum atomic E-state index is 4.13. The summed E-state index contributed by atoms with van der Waals surface area (Å²) in [6, 6.07) is 2.65. The van der Waals surface area contributed by atoms with Crippen LogP contribution >= 0.6 is 0 Å². The maximum Gasteiger partial charge on any atom is 0.149 e. The van der Waals surface area contributed by atoms with Gasteiger partial charge < -0.3 is 10.6 Å². The quantitative estimate of drug-likeness (QED) is 0.866. The van der Waals surface area contributed by atoms with Gasteiger partial charge >= 0.3 is 0 Å². The third-order valence-corrected chi connectivity index (χ3v) is 3.03. The Morgan fingerprint density at radius 3 is 2.56 bits per heavy atom. The van der Waals surface area contributed by atoms with Gasteiger partial charge in [0.15, 0.2) is 0 Å². The van der Waals surface area contributed by atoms with Crippen molar-refractivity contribution in [3.05, 3.63) is 17.8 Å². The van der Waals surface area contributed by atoms with E-state index in [-0.39, 0.29) is 0 Å². The highest BCUT2D eigenvalue weighted by atomic mass is 15.2. The number of hydrogen-bond acceptors (Lipinski definition) is 4. The Kier molecular flexibility index (Phi) is 6.65. The van der Waals surface area contributed by atoms with Crippen molar-refractivity contribution in [3.63, 3.8) is 0 Å². The van der Waals surface area contributed by atoms with Crippen LogP contribution in [0.3, 0.4) is 0 Å². The smallest absolute Gasteiger partial charge is 0.149 e. The first-order valence-corrected chi connectivity index (χ1v) is 7.05. The van der Waals surface area contributed by atoms with Crippen LogP contribution in [0.4, 0.5) is 5.82 Å². The summed E-state index contributed by atoms with van der Waals surface area (Å²) in [5, 5.41) is 15.0. The highest BCUT2D eigenvalue weighted by Crippen LogP contribution is 2.17. The first-order valence-electron chi connectivity index (χ1n) is 7.05. The molecule has 0 bridgehead atoms. The fraction of sp³-hybridized carbons (Fsp3) is 0.714. The van der Waals surface area contributed by atoms with Gasteiger partial charge in [0, 0.05) is 6.04 Å². The minimum absolute atomic E-state index is 0.504. The molecule has 1 aliphatic rings. The second-order valence-electron chi connectivity index (χ2n) is 4.70. The predicted octanol–water partition coefficient (Wildman–Crippen LogP) is 2.79. The van der Waals surface area contributed by atoms with Gasteiger partial charge in [-0.2, -0.15) is 5.10 Å². The van der Waals surface area contributed by atoms with Crippen LogP contribution in [-0.4, -0.2) is 29.3 Å². The molecule has 18 heavy (non-hydrogen) atoms. The first kappa shape index (κ1) is 14.9. The van der Waals surface area contributed by atoms with Crippen molar-refractivity contribution in [1.29, 1.82) is 0 Å². The van der Waals surface area contributed by atoms with Gasteiger partial charge in [-0.25, -0.2) is 0 Å². The van der Waals surface area contributed by atoms with Gasteiger partial charge in [0.25, 0.3) is 0 Å². The van der Waals surface area contributed by atoms with Crippen LogP contribution in [0, 0.1) is 0 Å². The van der Waals surface area contributed by atoms with Gasteiger partial charge in [-0.15, -0.1) is 5.10 Å². The molecule has 0 aliphatic carbocycles. The van der Waals surface area contributed by atoms with Gasteiger partial charge in [-0.05, 0) is 43.5 Å². The third-order valence-electron chi connectivity index (χ3n) is 3.03. The van der Waals surface area contributed by atoms with E-state index in [0.717, 1.165) is 31.7 Å². The molecule has 1 fully saturated rings. The lowest BCUT2D eigenvalue weighted by atomic mass is 10.1. The van der Waals surface area contributed by atoms with Crippen LogP contribution in [0.25, 0.3) is 0 Å². The minimum Gasteiger partial charge on any atom is -0.366 e. The summed E-state index contributed by atoms with van der Waals surface area (Å²) in [4.78, 5) is 0. The first-order chi connectivity index (χ1) is 8.75. The van der Waals surface area contributed by atoms with Crippen molar-refractivity contribution >= 4 is 5.82 Å². The lowest BCUT2D eigenvalue weighted by Gasteiger charge is -2.24. The van der Waals surface area contributed by atoms with Crippen molar-refractivity contribution in [2.45, 2.75) is 52.5 Å². The lowest BCUT2D eigenvalue weighted by Crippen LogP contribution is -2.35. The van der Waals surface area contributed by atoms with Gasteiger partial charge in [0.1, 0.15) is 5.82 Å². The summed E-state index contributed by atoms with van der Waals surface area (Å²) in [5.41, 5.74) is 1.24. The topological polar surface area (TPSA) is 49.8 Å². The zero-order valence-corrected chi connectivity index (χ0v) is 12.0. The fourth-order valence-corrected chi connectivity index (χ4v) is 1.94. The molecule has 0 aromatic carbocycles. The zero-order chi connectivity index (χ0) is 13.4. The summed E-state index contributed by atoms with van der Waals surface area (Å²) >= 11 is 0. The van der Waals surface area contributed by atoms with E-state index in [9.17, 15) is 0 Å². The second kappa shape index (κ2) is 8.03. The van der Waals surface area contributed by atoms with E-state index in [4.69, 9.17) is 0 Å². The number of nitrogens with one attached hydrogen (secondary N) is 2. The van der Waals surface area contributed by atoms with Crippen molar-refractivity contribution in [1.82, 2.24) is 15.5 Å². The summed E-state index contributed by atoms with van der Waals surface area (Å²) in [6.45, 7) is 10.5. The zero-order valence-electron chi connectivity index (χ0n) is 12.0. The molecule has 2 N–H and O–H groups in total. The minimum atomic E-state index is 0.504. The SMILES string of the molecule is CC.CC(C)c1cnnc(NC2CCNCC2)c1. The molecule has 0 atom stereocenters. The average Bonchev–Trinajstić information content (AvgIpc) is 2.42. The van der Waals surface area contributed by atoms with Crippen LogP contribution in [0.5, 0.6) is 0 Å². The van der Waals surface area contributed by atoms with Crippen molar-refractivity contribution in [2.24, 2.45) is 0 Å². The molecule has 0 amide bonds. The van der Waals surface area contributed by atoms with E-state index >= 15 is 0 Å². The Bertz CT molecular complexity index is 332. The van der Waals surface area contributed by atoms with Gasteiger partial charge in [0.05, 0.1) is 6.20 Å². The Morgan fingerprint density at radius 2 is 1.94 bits per heavy atom. The number of piperidine rings is 1. The van der Waals surface area contributed by atoms with E-state index in [1.165, 1.54) is 5.56 Å². The van der Waals surface area contributed by atoms with Crippen LogP contribution < -0.4 is 10.6 Å². The van der Waals surface area contributed by atoms with Crippen LogP contribution in [0.15, 0.2) is 12.3 Å². The Labute approximate surface area is 111 Å². The molecule has 4 heteroatoms. The van der Waals surface area contributed by atoms with E-state index in [1.807, 2.05) is 20.0 Å². The summed E-state index contributed by atoms with van der Waals surface area (Å²) in [7, 11) is 0. The van der Waals surface area contributed by atoms with Gasteiger partial charge in [-0.3, -0.25) is 0 Å². The Balaban J connectivity index is 0.000000771. The van der Waals surface area contributed by atoms with Gasteiger partial charge in [0.2, 0.25) is 0 Å². The monoisotopic (exact) mass is 250 g/mol. The van der Waals surface area contributed by atoms with Crippen LogP contribution in [0.2, 0.25) is 0 Å². The van der Waals surface area contributed by atoms with Crippen LogP contribution in [-0.2, 0) is 0 Å². The largest absolute Gasteiger partial charge is 0.366 e. The molecule has 0 radical (unpaired) electrons. The normalized spacial score (nSPS) is 16.1. The molecule has 0 saturated carbocycles. The van der Waals surface area contributed by atoms with Crippen molar-refractivity contribution in [3.8, 4) is 0 Å². The molecular weight excluding hydrogens is 224 g/mol. The van der Waals surface area contributed by atoms with E-state index < -0.39 is 0 Å². The molecule has 1 aromatic rings. The molecule has 1 saturated heterocycles. The van der Waals surface area contributed by atoms with Crippen molar-refractivity contribution < 1.29 is 0 Å². The predicted molar refractivity (Wildman–Crippen MR) is 77.0 cm³/mol. The highest BCUT2D eigenvalue weighted by molar-refractivity contribution is 5.37. The number of nitrogens with zero attached hydrogens (tertiary/aromatic N) is 2. The molecule has 1 aromatic heterocycles. The maximum absolute atomic E-state index is 4.13.